The van der Waals surface area contributed by atoms with E-state index < -0.39 is 6.17 Å². The third-order valence-corrected chi connectivity index (χ3v) is 2.76. The second-order valence-corrected chi connectivity index (χ2v) is 6.02. The SMILES string of the molecule is CC1(C)C[C@H](F)CN(C(C)(C)C)C1. The number of halogens is 1. The number of hydrogen-bond donors (Lipinski definition) is 0. The second-order valence-electron chi connectivity index (χ2n) is 6.02. The maximum Gasteiger partial charge on any atom is 0.113 e. The zero-order valence-electron chi connectivity index (χ0n) is 9.52. The lowest BCUT2D eigenvalue weighted by Crippen LogP contribution is -2.53. The first-order valence-corrected chi connectivity index (χ1v) is 5.10. The molecule has 1 nitrogen and oxygen atoms in total. The van der Waals surface area contributed by atoms with Gasteiger partial charge in [0.15, 0.2) is 0 Å². The number of rotatable bonds is 0. The predicted molar refractivity (Wildman–Crippen MR) is 54.6 cm³/mol. The Morgan fingerprint density at radius 1 is 1.31 bits per heavy atom. The number of alkyl halides is 1. The lowest BCUT2D eigenvalue weighted by molar-refractivity contribution is -0.00112. The molecule has 0 bridgehead atoms. The molecule has 0 N–H and O–H groups in total. The van der Waals surface area contributed by atoms with Gasteiger partial charge in [-0.25, -0.2) is 4.39 Å². The third kappa shape index (κ3) is 2.94. The molecule has 1 heterocycles. The molecule has 0 aromatic rings. The lowest BCUT2D eigenvalue weighted by atomic mass is 9.81. The summed E-state index contributed by atoms with van der Waals surface area (Å²) in [5.41, 5.74) is 0.229. The molecular weight excluding hydrogens is 165 g/mol. The van der Waals surface area contributed by atoms with Gasteiger partial charge in [0.1, 0.15) is 6.17 Å². The normalized spacial score (nSPS) is 30.5. The molecular formula is C11H22FN. The van der Waals surface area contributed by atoms with Gasteiger partial charge in [-0.3, -0.25) is 4.90 Å². The Hall–Kier alpha value is -0.110. The van der Waals surface area contributed by atoms with Crippen LogP contribution in [0.3, 0.4) is 0 Å². The van der Waals surface area contributed by atoms with Crippen LogP contribution in [0, 0.1) is 5.41 Å². The third-order valence-electron chi connectivity index (χ3n) is 2.76. The van der Waals surface area contributed by atoms with Gasteiger partial charge in [0.2, 0.25) is 0 Å². The minimum absolute atomic E-state index is 0.0992. The zero-order chi connectivity index (χ0) is 10.3. The number of nitrogens with zero attached hydrogens (tertiary/aromatic N) is 1. The summed E-state index contributed by atoms with van der Waals surface area (Å²) in [7, 11) is 0. The fourth-order valence-corrected chi connectivity index (χ4v) is 2.06. The van der Waals surface area contributed by atoms with Crippen LogP contribution in [0.25, 0.3) is 0 Å². The molecule has 0 spiro atoms. The Kier molecular flexibility index (Phi) is 2.73. The topological polar surface area (TPSA) is 3.24 Å². The van der Waals surface area contributed by atoms with Gasteiger partial charge in [-0.1, -0.05) is 13.8 Å². The Bertz CT molecular complexity index is 181. The Labute approximate surface area is 81.3 Å². The van der Waals surface area contributed by atoms with E-state index in [0.29, 0.717) is 13.0 Å². The highest BCUT2D eigenvalue weighted by Crippen LogP contribution is 2.33. The molecule has 1 atom stereocenters. The molecule has 1 aliphatic rings. The van der Waals surface area contributed by atoms with E-state index in [1.54, 1.807) is 0 Å². The van der Waals surface area contributed by atoms with Gasteiger partial charge in [-0.05, 0) is 32.6 Å². The molecule has 1 saturated heterocycles. The summed E-state index contributed by atoms with van der Waals surface area (Å²) >= 11 is 0. The average molecular weight is 187 g/mol. The maximum absolute atomic E-state index is 13.4. The minimum Gasteiger partial charge on any atom is -0.295 e. The molecule has 0 amide bonds. The van der Waals surface area contributed by atoms with Crippen LogP contribution in [0.2, 0.25) is 0 Å². The Morgan fingerprint density at radius 3 is 2.23 bits per heavy atom. The van der Waals surface area contributed by atoms with Gasteiger partial charge in [-0.15, -0.1) is 0 Å². The molecule has 0 unspecified atom stereocenters. The van der Waals surface area contributed by atoms with Crippen LogP contribution in [-0.2, 0) is 0 Å². The van der Waals surface area contributed by atoms with Crippen LogP contribution in [0.15, 0.2) is 0 Å². The van der Waals surface area contributed by atoms with Crippen molar-refractivity contribution in [2.24, 2.45) is 5.41 Å². The van der Waals surface area contributed by atoms with E-state index in [-0.39, 0.29) is 11.0 Å². The van der Waals surface area contributed by atoms with E-state index in [1.165, 1.54) is 0 Å². The molecule has 0 aromatic carbocycles. The summed E-state index contributed by atoms with van der Waals surface area (Å²) in [5, 5.41) is 0. The van der Waals surface area contributed by atoms with Crippen molar-refractivity contribution in [2.45, 2.75) is 52.8 Å². The van der Waals surface area contributed by atoms with Crippen molar-refractivity contribution in [2.75, 3.05) is 13.1 Å². The first-order valence-electron chi connectivity index (χ1n) is 5.10. The van der Waals surface area contributed by atoms with Crippen LogP contribution < -0.4 is 0 Å². The van der Waals surface area contributed by atoms with E-state index in [2.05, 4.69) is 39.5 Å². The number of likely N-dealkylation sites (tertiary alicyclic amines) is 1. The van der Waals surface area contributed by atoms with Crippen molar-refractivity contribution in [1.82, 2.24) is 4.90 Å². The molecule has 0 saturated carbocycles. The largest absolute Gasteiger partial charge is 0.295 e. The Balaban J connectivity index is 2.69. The maximum atomic E-state index is 13.4. The summed E-state index contributed by atoms with van der Waals surface area (Å²) in [5.74, 6) is 0. The van der Waals surface area contributed by atoms with Crippen molar-refractivity contribution in [3.05, 3.63) is 0 Å². The fourth-order valence-electron chi connectivity index (χ4n) is 2.06. The first kappa shape index (κ1) is 11.0. The highest BCUT2D eigenvalue weighted by Gasteiger charge is 2.36. The molecule has 1 aliphatic heterocycles. The van der Waals surface area contributed by atoms with E-state index in [0.717, 1.165) is 6.54 Å². The van der Waals surface area contributed by atoms with Crippen LogP contribution >= 0.6 is 0 Å². The van der Waals surface area contributed by atoms with Crippen molar-refractivity contribution < 1.29 is 4.39 Å². The van der Waals surface area contributed by atoms with Gasteiger partial charge in [-0.2, -0.15) is 0 Å². The second kappa shape index (κ2) is 3.23. The van der Waals surface area contributed by atoms with E-state index in [1.807, 2.05) is 0 Å². The smallest absolute Gasteiger partial charge is 0.113 e. The van der Waals surface area contributed by atoms with Gasteiger partial charge >= 0.3 is 0 Å². The fraction of sp³-hybridized carbons (Fsp3) is 1.00. The molecule has 0 aromatic heterocycles. The summed E-state index contributed by atoms with van der Waals surface area (Å²) in [6.45, 7) is 12.4. The van der Waals surface area contributed by atoms with E-state index in [4.69, 9.17) is 0 Å². The standard InChI is InChI=1S/C11H22FN/c1-10(2,3)13-7-9(12)6-11(4,5)8-13/h9H,6-8H2,1-5H3/t9-/m0/s1. The van der Waals surface area contributed by atoms with E-state index >= 15 is 0 Å². The minimum atomic E-state index is -0.650. The van der Waals surface area contributed by atoms with Crippen molar-refractivity contribution in [3.8, 4) is 0 Å². The van der Waals surface area contributed by atoms with Crippen LogP contribution in [0.1, 0.15) is 41.0 Å². The van der Waals surface area contributed by atoms with Crippen molar-refractivity contribution in [1.29, 1.82) is 0 Å². The molecule has 0 aliphatic carbocycles. The van der Waals surface area contributed by atoms with Crippen molar-refractivity contribution in [3.63, 3.8) is 0 Å². The molecule has 78 valence electrons. The van der Waals surface area contributed by atoms with Crippen LogP contribution in [0.5, 0.6) is 0 Å². The summed E-state index contributed by atoms with van der Waals surface area (Å²) in [6.07, 6.45) is 0.0579. The first-order chi connectivity index (χ1) is 5.71. The molecule has 0 radical (unpaired) electrons. The highest BCUT2D eigenvalue weighted by molar-refractivity contribution is 4.90. The van der Waals surface area contributed by atoms with Crippen LogP contribution in [0.4, 0.5) is 4.39 Å². The highest BCUT2D eigenvalue weighted by atomic mass is 19.1. The number of piperidine rings is 1. The van der Waals surface area contributed by atoms with Gasteiger partial charge in [0.25, 0.3) is 0 Å². The van der Waals surface area contributed by atoms with Crippen LogP contribution in [-0.4, -0.2) is 29.7 Å². The zero-order valence-corrected chi connectivity index (χ0v) is 9.52. The predicted octanol–water partition coefficient (Wildman–Crippen LogP) is 2.85. The molecule has 1 rings (SSSR count). The molecule has 13 heavy (non-hydrogen) atoms. The monoisotopic (exact) mass is 187 g/mol. The summed E-state index contributed by atoms with van der Waals surface area (Å²) < 4.78 is 13.4. The van der Waals surface area contributed by atoms with E-state index in [9.17, 15) is 4.39 Å². The van der Waals surface area contributed by atoms with Gasteiger partial charge < -0.3 is 0 Å². The molecule has 2 heteroatoms. The lowest BCUT2D eigenvalue weighted by Gasteiger charge is -2.46. The van der Waals surface area contributed by atoms with Crippen molar-refractivity contribution >= 4 is 0 Å². The molecule has 1 fully saturated rings. The quantitative estimate of drug-likeness (QED) is 0.563. The van der Waals surface area contributed by atoms with Gasteiger partial charge in [0.05, 0.1) is 0 Å². The number of hydrogen-bond acceptors (Lipinski definition) is 1. The Morgan fingerprint density at radius 2 is 1.85 bits per heavy atom. The summed E-state index contributed by atoms with van der Waals surface area (Å²) in [6, 6.07) is 0. The van der Waals surface area contributed by atoms with Gasteiger partial charge in [0, 0.05) is 18.6 Å². The summed E-state index contributed by atoms with van der Waals surface area (Å²) in [4.78, 5) is 2.25. The average Bonchev–Trinajstić information content (AvgIpc) is 1.79.